The molecule has 1 aromatic carbocycles. The Labute approximate surface area is 89.2 Å². The molecule has 0 bridgehead atoms. The van der Waals surface area contributed by atoms with Gasteiger partial charge in [-0.1, -0.05) is 11.6 Å². The van der Waals surface area contributed by atoms with Crippen molar-refractivity contribution in [2.45, 2.75) is 25.3 Å². The zero-order valence-electron chi connectivity index (χ0n) is 8.09. The number of aryl methyl sites for hydroxylation is 1. The fourth-order valence-corrected chi connectivity index (χ4v) is 2.41. The van der Waals surface area contributed by atoms with E-state index in [2.05, 4.69) is 6.07 Å². The van der Waals surface area contributed by atoms with Gasteiger partial charge in [-0.05, 0) is 48.1 Å². The smallest absolute Gasteiger partial charge is 0.0422 e. The minimum absolute atomic E-state index is 0.0689. The van der Waals surface area contributed by atoms with Crippen LogP contribution in [0.25, 0.3) is 0 Å². The highest BCUT2D eigenvalue weighted by Crippen LogP contribution is 2.31. The van der Waals surface area contributed by atoms with Gasteiger partial charge in [0.25, 0.3) is 0 Å². The second-order valence-corrected chi connectivity index (χ2v) is 4.26. The summed E-state index contributed by atoms with van der Waals surface area (Å²) in [5.41, 5.74) is 15.4. The van der Waals surface area contributed by atoms with Crippen LogP contribution in [0.1, 0.15) is 29.2 Å². The van der Waals surface area contributed by atoms with Gasteiger partial charge in [0.1, 0.15) is 0 Å². The molecule has 0 aromatic heterocycles. The van der Waals surface area contributed by atoms with Crippen LogP contribution in [0.5, 0.6) is 0 Å². The number of benzene rings is 1. The highest BCUT2D eigenvalue weighted by Gasteiger charge is 2.18. The number of nitrogens with two attached hydrogens (primary N) is 2. The highest BCUT2D eigenvalue weighted by atomic mass is 35.5. The average molecular weight is 211 g/mol. The summed E-state index contributed by atoms with van der Waals surface area (Å²) < 4.78 is 0. The molecule has 0 radical (unpaired) electrons. The summed E-state index contributed by atoms with van der Waals surface area (Å²) in [5.74, 6) is 0. The first-order valence-corrected chi connectivity index (χ1v) is 5.37. The molecule has 2 rings (SSSR count). The fourth-order valence-electron chi connectivity index (χ4n) is 2.16. The van der Waals surface area contributed by atoms with Gasteiger partial charge in [0.05, 0.1) is 0 Å². The number of halogens is 1. The second kappa shape index (κ2) is 3.89. The molecule has 1 atom stereocenters. The molecule has 0 heterocycles. The van der Waals surface area contributed by atoms with Crippen LogP contribution in [0.4, 0.5) is 0 Å². The van der Waals surface area contributed by atoms with Crippen molar-refractivity contribution >= 4 is 11.6 Å². The van der Waals surface area contributed by atoms with E-state index in [-0.39, 0.29) is 6.04 Å². The van der Waals surface area contributed by atoms with Gasteiger partial charge in [-0.15, -0.1) is 0 Å². The lowest BCUT2D eigenvalue weighted by Crippen LogP contribution is -2.22. The lowest BCUT2D eigenvalue weighted by Gasteiger charge is -2.14. The molecule has 14 heavy (non-hydrogen) atoms. The van der Waals surface area contributed by atoms with Crippen molar-refractivity contribution in [2.75, 3.05) is 6.54 Å². The number of rotatable bonds is 2. The van der Waals surface area contributed by atoms with Crippen LogP contribution in [0.3, 0.4) is 0 Å². The Bertz CT molecular complexity index is 349. The van der Waals surface area contributed by atoms with Gasteiger partial charge in [0.15, 0.2) is 0 Å². The van der Waals surface area contributed by atoms with Crippen LogP contribution >= 0.6 is 11.6 Å². The molecule has 3 heteroatoms. The first-order chi connectivity index (χ1) is 6.72. The Hall–Kier alpha value is -0.570. The van der Waals surface area contributed by atoms with Gasteiger partial charge in [0.2, 0.25) is 0 Å². The monoisotopic (exact) mass is 210 g/mol. The quantitative estimate of drug-likeness (QED) is 0.782. The van der Waals surface area contributed by atoms with Crippen molar-refractivity contribution in [3.8, 4) is 0 Å². The molecule has 0 saturated carbocycles. The molecule has 1 unspecified atom stereocenters. The van der Waals surface area contributed by atoms with Crippen molar-refractivity contribution in [2.24, 2.45) is 11.5 Å². The zero-order chi connectivity index (χ0) is 10.1. The van der Waals surface area contributed by atoms with E-state index in [1.54, 1.807) is 0 Å². The maximum absolute atomic E-state index is 6.03. The Morgan fingerprint density at radius 3 is 2.86 bits per heavy atom. The third-order valence-corrected chi connectivity index (χ3v) is 3.09. The standard InChI is InChI=1S/C11H15ClN2/c12-8-4-7-2-1-3-9(7)10(5-8)11(14)6-13/h4-5,11H,1-3,6,13-14H2. The first-order valence-electron chi connectivity index (χ1n) is 4.99. The van der Waals surface area contributed by atoms with E-state index in [0.29, 0.717) is 6.54 Å². The maximum Gasteiger partial charge on any atom is 0.0422 e. The maximum atomic E-state index is 6.03. The Morgan fingerprint density at radius 1 is 1.36 bits per heavy atom. The summed E-state index contributed by atoms with van der Waals surface area (Å²) >= 11 is 6.03. The molecule has 0 amide bonds. The molecule has 76 valence electrons. The van der Waals surface area contributed by atoms with Gasteiger partial charge in [-0.3, -0.25) is 0 Å². The van der Waals surface area contributed by atoms with Crippen LogP contribution in [-0.2, 0) is 12.8 Å². The van der Waals surface area contributed by atoms with Crippen LogP contribution < -0.4 is 11.5 Å². The fraction of sp³-hybridized carbons (Fsp3) is 0.455. The van der Waals surface area contributed by atoms with Gasteiger partial charge in [0, 0.05) is 17.6 Å². The molecule has 0 fully saturated rings. The third-order valence-electron chi connectivity index (χ3n) is 2.87. The normalized spacial score (nSPS) is 16.8. The second-order valence-electron chi connectivity index (χ2n) is 3.83. The third kappa shape index (κ3) is 1.65. The largest absolute Gasteiger partial charge is 0.329 e. The van der Waals surface area contributed by atoms with E-state index in [1.165, 1.54) is 17.5 Å². The zero-order valence-corrected chi connectivity index (χ0v) is 8.85. The van der Waals surface area contributed by atoms with E-state index in [9.17, 15) is 0 Å². The SMILES string of the molecule is NCC(N)c1cc(Cl)cc2c1CCC2. The summed E-state index contributed by atoms with van der Waals surface area (Å²) in [5, 5.41) is 0.782. The Kier molecular flexibility index (Phi) is 2.77. The molecule has 1 aromatic rings. The Balaban J connectivity index is 2.48. The summed E-state index contributed by atoms with van der Waals surface area (Å²) in [7, 11) is 0. The minimum atomic E-state index is -0.0689. The first kappa shape index (κ1) is 9.97. The van der Waals surface area contributed by atoms with Gasteiger partial charge >= 0.3 is 0 Å². The van der Waals surface area contributed by atoms with Crippen molar-refractivity contribution in [1.29, 1.82) is 0 Å². The van der Waals surface area contributed by atoms with Crippen LogP contribution in [0, 0.1) is 0 Å². The molecule has 2 nitrogen and oxygen atoms in total. The molecule has 0 saturated heterocycles. The van der Waals surface area contributed by atoms with Crippen molar-refractivity contribution in [1.82, 2.24) is 0 Å². The Morgan fingerprint density at radius 2 is 2.14 bits per heavy atom. The molecule has 0 aliphatic heterocycles. The summed E-state index contributed by atoms with van der Waals surface area (Å²) in [6.45, 7) is 0.479. The van der Waals surface area contributed by atoms with Crippen LogP contribution in [0.15, 0.2) is 12.1 Å². The molecular weight excluding hydrogens is 196 g/mol. The lowest BCUT2D eigenvalue weighted by molar-refractivity contribution is 0.727. The van der Waals surface area contributed by atoms with Gasteiger partial charge in [-0.25, -0.2) is 0 Å². The predicted molar refractivity (Wildman–Crippen MR) is 59.5 cm³/mol. The van der Waals surface area contributed by atoms with Gasteiger partial charge < -0.3 is 11.5 Å². The molecule has 0 spiro atoms. The molecule has 4 N–H and O–H groups in total. The number of hydrogen-bond acceptors (Lipinski definition) is 2. The topological polar surface area (TPSA) is 52.0 Å². The number of fused-ring (bicyclic) bond motifs is 1. The molecule has 1 aliphatic carbocycles. The average Bonchev–Trinajstić information content (AvgIpc) is 2.62. The van der Waals surface area contributed by atoms with Gasteiger partial charge in [-0.2, -0.15) is 0 Å². The van der Waals surface area contributed by atoms with Crippen LogP contribution in [0.2, 0.25) is 5.02 Å². The van der Waals surface area contributed by atoms with E-state index in [1.807, 2.05) is 6.07 Å². The van der Waals surface area contributed by atoms with Crippen molar-refractivity contribution in [3.05, 3.63) is 33.8 Å². The van der Waals surface area contributed by atoms with E-state index >= 15 is 0 Å². The lowest BCUT2D eigenvalue weighted by atomic mass is 9.98. The van der Waals surface area contributed by atoms with Crippen molar-refractivity contribution in [3.63, 3.8) is 0 Å². The molecular formula is C11H15ClN2. The van der Waals surface area contributed by atoms with E-state index < -0.39 is 0 Å². The summed E-state index contributed by atoms with van der Waals surface area (Å²) in [4.78, 5) is 0. The minimum Gasteiger partial charge on any atom is -0.329 e. The van der Waals surface area contributed by atoms with E-state index in [0.717, 1.165) is 23.4 Å². The summed E-state index contributed by atoms with van der Waals surface area (Å²) in [6.07, 6.45) is 3.45. The van der Waals surface area contributed by atoms with Crippen molar-refractivity contribution < 1.29 is 0 Å². The number of hydrogen-bond donors (Lipinski definition) is 2. The summed E-state index contributed by atoms with van der Waals surface area (Å²) in [6, 6.07) is 3.94. The van der Waals surface area contributed by atoms with Crippen LogP contribution in [-0.4, -0.2) is 6.54 Å². The van der Waals surface area contributed by atoms with E-state index in [4.69, 9.17) is 23.1 Å². The predicted octanol–water partition coefficient (Wildman–Crippen LogP) is 1.79. The highest BCUT2D eigenvalue weighted by molar-refractivity contribution is 6.30. The molecule has 1 aliphatic rings.